The lowest BCUT2D eigenvalue weighted by Gasteiger charge is -2.26. The molecular weight excluding hydrogens is 391 g/mol. The largest absolute Gasteiger partial charge is 0.446 e. The lowest BCUT2D eigenvalue weighted by molar-refractivity contribution is 0.0846. The van der Waals surface area contributed by atoms with Crippen molar-refractivity contribution in [3.63, 3.8) is 0 Å². The topological polar surface area (TPSA) is 62.9 Å². The van der Waals surface area contributed by atoms with Gasteiger partial charge in [-0.3, -0.25) is 5.32 Å². The molecule has 2 aromatic carbocycles. The molecule has 1 aliphatic carbocycles. The minimum atomic E-state index is -0.531. The van der Waals surface area contributed by atoms with Crippen LogP contribution in [0.25, 0.3) is 21.2 Å². The van der Waals surface area contributed by atoms with Crippen LogP contribution in [0.1, 0.15) is 12.8 Å². The average Bonchev–Trinajstić information content (AvgIpc) is 3.37. The van der Waals surface area contributed by atoms with Crippen LogP contribution in [0.2, 0.25) is 0 Å². The highest BCUT2D eigenvalue weighted by Gasteiger charge is 2.50. The summed E-state index contributed by atoms with van der Waals surface area (Å²) in [7, 11) is 1.89. The number of rotatable bonds is 4. The number of thiophene rings is 1. The highest BCUT2D eigenvalue weighted by molar-refractivity contribution is 7.17. The summed E-state index contributed by atoms with van der Waals surface area (Å²) in [6, 6.07) is 12.5. The van der Waals surface area contributed by atoms with Gasteiger partial charge in [-0.1, -0.05) is 18.2 Å². The summed E-state index contributed by atoms with van der Waals surface area (Å²) >= 11 is 1.59. The molecule has 1 aliphatic heterocycles. The molecule has 2 heterocycles. The standard InChI is InChI=1S/C22H21FN2O3S/c1-24-18-9-13(10-19-21(18)28-19)27-22(26)25-17-7-6-12(23)8-15(17)16-11-29-20-5-3-2-4-14(16)20/h2-8,11,13,18-19,21,24H,9-10H2,1H3,(H,25,26)/t13-,18-,19+,21-/m1/s1. The Morgan fingerprint density at radius 1 is 1.21 bits per heavy atom. The number of likely N-dealkylation sites (N-methyl/N-ethyl adjacent to an activating group) is 1. The van der Waals surface area contributed by atoms with Gasteiger partial charge in [-0.15, -0.1) is 11.3 Å². The Morgan fingerprint density at radius 2 is 2.07 bits per heavy atom. The molecule has 5 rings (SSSR count). The number of benzene rings is 2. The highest BCUT2D eigenvalue weighted by atomic mass is 32.1. The van der Waals surface area contributed by atoms with E-state index in [0.29, 0.717) is 17.7 Å². The molecule has 2 fully saturated rings. The van der Waals surface area contributed by atoms with Crippen molar-refractivity contribution in [2.24, 2.45) is 0 Å². The fraction of sp³-hybridized carbons (Fsp3) is 0.318. The van der Waals surface area contributed by atoms with Gasteiger partial charge >= 0.3 is 6.09 Å². The monoisotopic (exact) mass is 412 g/mol. The normalized spacial score (nSPS) is 25.4. The molecular formula is C22H21FN2O3S. The lowest BCUT2D eigenvalue weighted by Crippen LogP contribution is -2.41. The predicted octanol–water partition coefficient (Wildman–Crippen LogP) is 4.77. The molecule has 2 N–H and O–H groups in total. The van der Waals surface area contributed by atoms with Crippen molar-refractivity contribution < 1.29 is 18.7 Å². The summed E-state index contributed by atoms with van der Waals surface area (Å²) in [4.78, 5) is 12.6. The van der Waals surface area contributed by atoms with E-state index in [1.165, 1.54) is 12.1 Å². The summed E-state index contributed by atoms with van der Waals surface area (Å²) in [5.74, 6) is -0.352. The van der Waals surface area contributed by atoms with Crippen LogP contribution in [-0.2, 0) is 9.47 Å². The number of amides is 1. The van der Waals surface area contributed by atoms with Crippen LogP contribution in [0.15, 0.2) is 47.8 Å². The quantitative estimate of drug-likeness (QED) is 0.606. The van der Waals surface area contributed by atoms with E-state index in [-0.39, 0.29) is 30.2 Å². The van der Waals surface area contributed by atoms with E-state index < -0.39 is 6.09 Å². The van der Waals surface area contributed by atoms with E-state index in [0.717, 1.165) is 22.1 Å². The number of fused-ring (bicyclic) bond motifs is 2. The average molecular weight is 412 g/mol. The van der Waals surface area contributed by atoms with Gasteiger partial charge in [-0.2, -0.15) is 0 Å². The van der Waals surface area contributed by atoms with Crippen LogP contribution >= 0.6 is 11.3 Å². The number of ether oxygens (including phenoxy) is 2. The first kappa shape index (κ1) is 18.5. The molecule has 2 aliphatic rings. The van der Waals surface area contributed by atoms with E-state index in [1.54, 1.807) is 17.4 Å². The Bertz CT molecular complexity index is 1070. The first-order valence-electron chi connectivity index (χ1n) is 9.69. The van der Waals surface area contributed by atoms with Crippen molar-refractivity contribution in [3.05, 3.63) is 53.7 Å². The van der Waals surface area contributed by atoms with Crippen molar-refractivity contribution in [1.82, 2.24) is 5.32 Å². The van der Waals surface area contributed by atoms with Gasteiger partial charge in [0.05, 0.1) is 17.9 Å². The molecule has 150 valence electrons. The molecule has 0 bridgehead atoms. The van der Waals surface area contributed by atoms with E-state index in [2.05, 4.69) is 10.6 Å². The first-order chi connectivity index (χ1) is 14.1. The zero-order chi connectivity index (χ0) is 20.0. The number of nitrogens with one attached hydrogen (secondary N) is 2. The van der Waals surface area contributed by atoms with Crippen LogP contribution in [0, 0.1) is 5.82 Å². The van der Waals surface area contributed by atoms with Crippen molar-refractivity contribution in [2.75, 3.05) is 12.4 Å². The van der Waals surface area contributed by atoms with E-state index in [4.69, 9.17) is 9.47 Å². The molecule has 1 saturated heterocycles. The van der Waals surface area contributed by atoms with Gasteiger partial charge in [0.15, 0.2) is 0 Å². The molecule has 29 heavy (non-hydrogen) atoms. The SMILES string of the molecule is CN[C@@H]1C[C@@H](OC(=O)Nc2ccc(F)cc2-c2csc3ccccc23)C[C@@H]2O[C@@H]21. The van der Waals surface area contributed by atoms with Crippen LogP contribution < -0.4 is 10.6 Å². The molecule has 4 atom stereocenters. The molecule has 1 saturated carbocycles. The van der Waals surface area contributed by atoms with Gasteiger partial charge in [-0.25, -0.2) is 9.18 Å². The van der Waals surface area contributed by atoms with Crippen LogP contribution in [0.3, 0.4) is 0 Å². The predicted molar refractivity (Wildman–Crippen MR) is 112 cm³/mol. The number of halogens is 1. The summed E-state index contributed by atoms with van der Waals surface area (Å²) in [6.45, 7) is 0. The van der Waals surface area contributed by atoms with Gasteiger partial charge < -0.3 is 14.8 Å². The maximum atomic E-state index is 14.0. The van der Waals surface area contributed by atoms with E-state index >= 15 is 0 Å². The zero-order valence-electron chi connectivity index (χ0n) is 15.9. The van der Waals surface area contributed by atoms with Crippen molar-refractivity contribution in [1.29, 1.82) is 0 Å². The summed E-state index contributed by atoms with van der Waals surface area (Å²) in [5.41, 5.74) is 2.06. The fourth-order valence-electron chi connectivity index (χ4n) is 4.18. The van der Waals surface area contributed by atoms with Crippen LogP contribution in [0.5, 0.6) is 0 Å². The lowest BCUT2D eigenvalue weighted by atomic mass is 9.93. The fourth-order valence-corrected chi connectivity index (χ4v) is 5.14. The minimum absolute atomic E-state index is 0.164. The second kappa shape index (κ2) is 7.40. The number of epoxide rings is 1. The van der Waals surface area contributed by atoms with Gasteiger partial charge in [0, 0.05) is 40.1 Å². The van der Waals surface area contributed by atoms with Crippen molar-refractivity contribution >= 4 is 33.2 Å². The highest BCUT2D eigenvalue weighted by Crippen LogP contribution is 2.39. The third-order valence-corrected chi connectivity index (χ3v) is 6.63. The van der Waals surface area contributed by atoms with Crippen molar-refractivity contribution in [2.45, 2.75) is 37.2 Å². The summed E-state index contributed by atoms with van der Waals surface area (Å²) in [5, 5.41) is 9.05. The number of carbonyl (C=O) groups is 1. The maximum Gasteiger partial charge on any atom is 0.411 e. The Kier molecular flexibility index (Phi) is 4.73. The third-order valence-electron chi connectivity index (χ3n) is 5.66. The maximum absolute atomic E-state index is 14.0. The molecule has 1 aromatic heterocycles. The Labute approximate surface area is 171 Å². The Morgan fingerprint density at radius 3 is 2.93 bits per heavy atom. The number of anilines is 1. The smallest absolute Gasteiger partial charge is 0.411 e. The molecule has 0 unspecified atom stereocenters. The molecule has 3 aromatic rings. The van der Waals surface area contributed by atoms with Gasteiger partial charge in [0.25, 0.3) is 0 Å². The molecule has 5 nitrogen and oxygen atoms in total. The summed E-state index contributed by atoms with van der Waals surface area (Å²) < 4.78 is 26.4. The van der Waals surface area contributed by atoms with Crippen LogP contribution in [0.4, 0.5) is 14.9 Å². The first-order valence-corrected chi connectivity index (χ1v) is 10.6. The number of hydrogen-bond acceptors (Lipinski definition) is 5. The van der Waals surface area contributed by atoms with Crippen LogP contribution in [-0.4, -0.2) is 37.5 Å². The molecule has 1 amide bonds. The minimum Gasteiger partial charge on any atom is -0.446 e. The zero-order valence-corrected chi connectivity index (χ0v) is 16.7. The van der Waals surface area contributed by atoms with Gasteiger partial charge in [0.2, 0.25) is 0 Å². The summed E-state index contributed by atoms with van der Waals surface area (Å²) in [6.07, 6.45) is 1.09. The van der Waals surface area contributed by atoms with E-state index in [1.807, 2.05) is 36.7 Å². The van der Waals surface area contributed by atoms with Crippen molar-refractivity contribution in [3.8, 4) is 11.1 Å². The van der Waals surface area contributed by atoms with E-state index in [9.17, 15) is 9.18 Å². The van der Waals surface area contributed by atoms with Gasteiger partial charge in [-0.05, 0) is 36.7 Å². The molecule has 0 radical (unpaired) electrons. The number of hydrogen-bond donors (Lipinski definition) is 2. The Balaban J connectivity index is 1.37. The van der Waals surface area contributed by atoms with Gasteiger partial charge in [0.1, 0.15) is 11.9 Å². The second-order valence-electron chi connectivity index (χ2n) is 7.49. The second-order valence-corrected chi connectivity index (χ2v) is 8.40. The number of carbonyl (C=O) groups excluding carboxylic acids is 1. The Hall–Kier alpha value is -2.48. The molecule has 0 spiro atoms. The molecule has 7 heteroatoms. The third kappa shape index (κ3) is 3.61.